The highest BCUT2D eigenvalue weighted by molar-refractivity contribution is 7.69. The first-order valence-corrected chi connectivity index (χ1v) is 13.7. The highest BCUT2D eigenvalue weighted by Crippen LogP contribution is 2.39. The van der Waals surface area contributed by atoms with Gasteiger partial charge in [-0.3, -0.25) is 9.97 Å². The Bertz CT molecular complexity index is 1540. The number of benzene rings is 2. The van der Waals surface area contributed by atoms with Crippen LogP contribution in [0.5, 0.6) is 0 Å². The van der Waals surface area contributed by atoms with Crippen molar-refractivity contribution < 1.29 is 13.3 Å². The van der Waals surface area contributed by atoms with E-state index >= 15 is 4.39 Å². The number of aromatic nitrogens is 2. The van der Waals surface area contributed by atoms with Gasteiger partial charge >= 0.3 is 0 Å². The summed E-state index contributed by atoms with van der Waals surface area (Å²) in [6.45, 7) is 6.70. The predicted octanol–water partition coefficient (Wildman–Crippen LogP) is 6.83. The number of nitriles is 1. The minimum absolute atomic E-state index is 0.272. The summed E-state index contributed by atoms with van der Waals surface area (Å²) in [5.41, 5.74) is 3.21. The van der Waals surface area contributed by atoms with Crippen molar-refractivity contribution in [3.8, 4) is 17.2 Å². The molecule has 0 spiro atoms. The number of aryl methyl sites for hydroxylation is 1. The van der Waals surface area contributed by atoms with Gasteiger partial charge in [-0.15, -0.1) is 0 Å². The summed E-state index contributed by atoms with van der Waals surface area (Å²) in [6.07, 6.45) is 1.49. The van der Waals surface area contributed by atoms with Crippen molar-refractivity contribution in [2.45, 2.75) is 19.9 Å². The van der Waals surface area contributed by atoms with E-state index in [-0.39, 0.29) is 5.56 Å². The highest BCUT2D eigenvalue weighted by Gasteiger charge is 2.20. The third kappa shape index (κ3) is 4.91. The average molecular weight is 511 g/mol. The third-order valence-corrected chi connectivity index (χ3v) is 7.57. The van der Waals surface area contributed by atoms with Crippen LogP contribution in [-0.2, 0) is 4.57 Å². The zero-order valence-corrected chi connectivity index (χ0v) is 21.2. The van der Waals surface area contributed by atoms with E-state index in [0.29, 0.717) is 49.4 Å². The van der Waals surface area contributed by atoms with Gasteiger partial charge in [0.15, 0.2) is 0 Å². The number of halogens is 3. The molecule has 4 aromatic rings. The smallest absolute Gasteiger partial charge is 0.133 e. The zero-order chi connectivity index (χ0) is 25.5. The summed E-state index contributed by atoms with van der Waals surface area (Å²) in [6, 6.07) is 11.8. The minimum atomic E-state index is -2.55. The Morgan fingerprint density at radius 1 is 1.11 bits per heavy atom. The molecule has 4 rings (SSSR count). The lowest BCUT2D eigenvalue weighted by Crippen LogP contribution is -2.11. The quantitative estimate of drug-likeness (QED) is 0.298. The summed E-state index contributed by atoms with van der Waals surface area (Å²) in [4.78, 5) is 8.68. The Balaban J connectivity index is 1.84. The molecule has 1 unspecified atom stereocenters. The first kappa shape index (κ1) is 24.8. The standard InChI is InChI=1S/C26H22ClF2N4OP/c1-14(18-9-16(12-30)5-7-21(18)28)33-26-20-10-19(17-6-8-24(31-13-17)35(3,4)34)22(29)11-23(20)32-15(2)25(26)27/h5-11,13-14H,1-4H3,(H,32,33). The molecular weight excluding hydrogens is 489 g/mol. The Labute approximate surface area is 207 Å². The molecule has 0 bridgehead atoms. The molecule has 5 nitrogen and oxygen atoms in total. The molecule has 2 aromatic carbocycles. The van der Waals surface area contributed by atoms with E-state index in [1.165, 1.54) is 30.5 Å². The lowest BCUT2D eigenvalue weighted by Gasteiger charge is -2.20. The van der Waals surface area contributed by atoms with E-state index in [4.69, 9.17) is 11.6 Å². The zero-order valence-electron chi connectivity index (χ0n) is 19.5. The van der Waals surface area contributed by atoms with Gasteiger partial charge in [0.1, 0.15) is 18.8 Å². The molecule has 1 atom stereocenters. The maximum Gasteiger partial charge on any atom is 0.133 e. The van der Waals surface area contributed by atoms with Crippen molar-refractivity contribution in [2.75, 3.05) is 18.6 Å². The van der Waals surface area contributed by atoms with Gasteiger partial charge in [-0.05, 0) is 57.5 Å². The van der Waals surface area contributed by atoms with Gasteiger partial charge in [-0.25, -0.2) is 8.78 Å². The molecule has 0 radical (unpaired) electrons. The third-order valence-electron chi connectivity index (χ3n) is 5.74. The monoisotopic (exact) mass is 510 g/mol. The molecule has 0 amide bonds. The number of hydrogen-bond acceptors (Lipinski definition) is 5. The Morgan fingerprint density at radius 2 is 1.86 bits per heavy atom. The molecule has 0 aliphatic heterocycles. The molecular formula is C26H22ClF2N4OP. The highest BCUT2D eigenvalue weighted by atomic mass is 35.5. The van der Waals surface area contributed by atoms with E-state index in [1.54, 1.807) is 45.4 Å². The van der Waals surface area contributed by atoms with Crippen LogP contribution in [0.1, 0.15) is 29.8 Å². The van der Waals surface area contributed by atoms with Crippen molar-refractivity contribution in [1.82, 2.24) is 9.97 Å². The van der Waals surface area contributed by atoms with Crippen LogP contribution in [0.25, 0.3) is 22.0 Å². The Kier molecular flexibility index (Phi) is 6.64. The first-order valence-electron chi connectivity index (χ1n) is 10.8. The molecule has 0 fully saturated rings. The van der Waals surface area contributed by atoms with Gasteiger partial charge in [0.05, 0.1) is 45.0 Å². The van der Waals surface area contributed by atoms with E-state index in [9.17, 15) is 14.2 Å². The van der Waals surface area contributed by atoms with E-state index in [0.717, 1.165) is 0 Å². The van der Waals surface area contributed by atoms with Gasteiger partial charge in [-0.1, -0.05) is 17.7 Å². The van der Waals surface area contributed by atoms with Gasteiger partial charge in [-0.2, -0.15) is 5.26 Å². The largest absolute Gasteiger partial charge is 0.377 e. The maximum absolute atomic E-state index is 15.1. The fourth-order valence-corrected chi connectivity index (χ4v) is 4.82. The Hall–Kier alpha value is -3.33. The number of hydrogen-bond donors (Lipinski definition) is 1. The summed E-state index contributed by atoms with van der Waals surface area (Å²) < 4.78 is 41.9. The van der Waals surface area contributed by atoms with Crippen LogP contribution in [0.4, 0.5) is 14.5 Å². The minimum Gasteiger partial charge on any atom is -0.377 e. The fraction of sp³-hybridized carbons (Fsp3) is 0.192. The van der Waals surface area contributed by atoms with E-state index < -0.39 is 24.8 Å². The molecule has 2 heterocycles. The van der Waals surface area contributed by atoms with Gasteiger partial charge in [0.25, 0.3) is 0 Å². The average Bonchev–Trinajstić information content (AvgIpc) is 2.81. The van der Waals surface area contributed by atoms with Crippen LogP contribution in [0, 0.1) is 29.9 Å². The SMILES string of the molecule is Cc1nc2cc(F)c(-c3ccc(P(C)(C)=O)nc3)cc2c(NC(C)c2cc(C#N)ccc2F)c1Cl. The number of pyridine rings is 2. The van der Waals surface area contributed by atoms with Gasteiger partial charge in [0, 0.05) is 34.3 Å². The van der Waals surface area contributed by atoms with E-state index in [2.05, 4.69) is 15.3 Å². The number of nitrogens with one attached hydrogen (secondary N) is 1. The second kappa shape index (κ2) is 9.37. The van der Waals surface area contributed by atoms with Crippen LogP contribution < -0.4 is 10.8 Å². The normalized spacial score (nSPS) is 12.4. The predicted molar refractivity (Wildman–Crippen MR) is 137 cm³/mol. The first-order chi connectivity index (χ1) is 16.5. The summed E-state index contributed by atoms with van der Waals surface area (Å²) in [5, 5.41) is 13.3. The summed E-state index contributed by atoms with van der Waals surface area (Å²) >= 11 is 6.60. The number of fused-ring (bicyclic) bond motifs is 1. The molecule has 9 heteroatoms. The molecule has 178 valence electrons. The van der Waals surface area contributed by atoms with Gasteiger partial charge in [0.2, 0.25) is 0 Å². The fourth-order valence-electron chi connectivity index (χ4n) is 3.85. The van der Waals surface area contributed by atoms with Crippen LogP contribution in [0.15, 0.2) is 48.7 Å². The lowest BCUT2D eigenvalue weighted by atomic mass is 10.0. The van der Waals surface area contributed by atoms with Crippen molar-refractivity contribution in [2.24, 2.45) is 0 Å². The van der Waals surface area contributed by atoms with E-state index in [1.807, 2.05) is 6.07 Å². The molecule has 0 aliphatic rings. The molecule has 0 saturated carbocycles. The number of anilines is 1. The topological polar surface area (TPSA) is 78.7 Å². The van der Waals surface area contributed by atoms with Crippen molar-refractivity contribution >= 4 is 40.8 Å². The molecule has 0 saturated heterocycles. The summed E-state index contributed by atoms with van der Waals surface area (Å²) in [7, 11) is -2.55. The van der Waals surface area contributed by atoms with Crippen molar-refractivity contribution in [1.29, 1.82) is 5.26 Å². The Morgan fingerprint density at radius 3 is 2.49 bits per heavy atom. The molecule has 2 aromatic heterocycles. The number of nitrogens with zero attached hydrogens (tertiary/aromatic N) is 3. The summed E-state index contributed by atoms with van der Waals surface area (Å²) in [5.74, 6) is -0.957. The second-order valence-corrected chi connectivity index (χ2v) is 12.2. The van der Waals surface area contributed by atoms with Crippen LogP contribution in [-0.4, -0.2) is 23.3 Å². The van der Waals surface area contributed by atoms with Crippen LogP contribution in [0.2, 0.25) is 5.02 Å². The molecule has 35 heavy (non-hydrogen) atoms. The maximum atomic E-state index is 15.1. The second-order valence-electron chi connectivity index (χ2n) is 8.71. The molecule has 0 aliphatic carbocycles. The van der Waals surface area contributed by atoms with Crippen molar-refractivity contribution in [3.05, 3.63) is 82.1 Å². The molecule has 1 N–H and O–H groups in total. The van der Waals surface area contributed by atoms with Crippen molar-refractivity contribution in [3.63, 3.8) is 0 Å². The lowest BCUT2D eigenvalue weighted by molar-refractivity contribution is 0.587. The van der Waals surface area contributed by atoms with Crippen LogP contribution >= 0.6 is 18.7 Å². The van der Waals surface area contributed by atoms with Gasteiger partial charge < -0.3 is 9.88 Å². The van der Waals surface area contributed by atoms with Crippen LogP contribution in [0.3, 0.4) is 0 Å². The number of rotatable bonds is 5.